The fraction of sp³-hybridized carbons (Fsp3) is 0.273. The van der Waals surface area contributed by atoms with E-state index in [0.717, 1.165) is 16.8 Å². The number of nitrogens with zero attached hydrogens (tertiary/aromatic N) is 2. The van der Waals surface area contributed by atoms with Crippen molar-refractivity contribution >= 4 is 21.6 Å². The van der Waals surface area contributed by atoms with Crippen molar-refractivity contribution in [1.82, 2.24) is 9.78 Å². The van der Waals surface area contributed by atoms with E-state index in [1.165, 1.54) is 0 Å². The number of amides is 1. The molecule has 2 aromatic carbocycles. The summed E-state index contributed by atoms with van der Waals surface area (Å²) >= 11 is 0. The minimum Gasteiger partial charge on any atom is -0.494 e. The van der Waals surface area contributed by atoms with Crippen molar-refractivity contribution in [1.29, 1.82) is 0 Å². The van der Waals surface area contributed by atoms with E-state index < -0.39 is 9.84 Å². The van der Waals surface area contributed by atoms with Gasteiger partial charge in [-0.3, -0.25) is 4.79 Å². The molecule has 4 rings (SSSR count). The molecule has 3 aromatic rings. The second kappa shape index (κ2) is 7.60. The van der Waals surface area contributed by atoms with Crippen molar-refractivity contribution in [2.75, 3.05) is 11.9 Å². The molecule has 156 valence electrons. The standard InChI is InChI=1S/C22H23N3O4S/c1-4-29-17-8-6-16(7-9-17)22(26)23-21-18-12-30(27,28)13-19(18)24-25(21)20-10-5-14(2)11-15(20)3/h5-11H,4,12-13H2,1-3H3,(H,23,26). The normalized spacial score (nSPS) is 14.4. The first kappa shape index (κ1) is 20.2. The van der Waals surface area contributed by atoms with Crippen molar-refractivity contribution < 1.29 is 17.9 Å². The van der Waals surface area contributed by atoms with E-state index in [-0.39, 0.29) is 17.4 Å². The Labute approximate surface area is 175 Å². The second-order valence-electron chi connectivity index (χ2n) is 7.42. The van der Waals surface area contributed by atoms with Crippen LogP contribution < -0.4 is 10.1 Å². The maximum absolute atomic E-state index is 12.9. The van der Waals surface area contributed by atoms with Gasteiger partial charge in [0.25, 0.3) is 5.91 Å². The zero-order valence-corrected chi connectivity index (χ0v) is 17.9. The Bertz CT molecular complexity index is 1230. The molecule has 1 N–H and O–H groups in total. The molecule has 0 saturated heterocycles. The molecule has 1 amide bonds. The van der Waals surface area contributed by atoms with Crippen molar-refractivity contribution in [2.45, 2.75) is 32.3 Å². The van der Waals surface area contributed by atoms with Crippen LogP contribution in [0.5, 0.6) is 5.75 Å². The predicted octanol–water partition coefficient (Wildman–Crippen LogP) is 3.57. The number of benzene rings is 2. The Morgan fingerprint density at radius 2 is 1.87 bits per heavy atom. The van der Waals surface area contributed by atoms with Gasteiger partial charge in [0.1, 0.15) is 11.6 Å². The van der Waals surface area contributed by atoms with Crippen LogP contribution in [-0.4, -0.2) is 30.7 Å². The average molecular weight is 426 g/mol. The topological polar surface area (TPSA) is 90.3 Å². The Balaban J connectivity index is 1.73. The lowest BCUT2D eigenvalue weighted by atomic mass is 10.1. The van der Waals surface area contributed by atoms with E-state index in [0.29, 0.717) is 35.0 Å². The number of carbonyl (C=O) groups excluding carboxylic acids is 1. The van der Waals surface area contributed by atoms with Gasteiger partial charge in [0.05, 0.1) is 29.5 Å². The van der Waals surface area contributed by atoms with Crippen LogP contribution in [0, 0.1) is 13.8 Å². The minimum absolute atomic E-state index is 0.119. The molecule has 1 aliphatic rings. The summed E-state index contributed by atoms with van der Waals surface area (Å²) in [5, 5.41) is 7.43. The summed E-state index contributed by atoms with van der Waals surface area (Å²) in [6, 6.07) is 12.7. The molecule has 8 heteroatoms. The quantitative estimate of drug-likeness (QED) is 0.675. The lowest BCUT2D eigenvalue weighted by Crippen LogP contribution is -2.17. The maximum Gasteiger partial charge on any atom is 0.256 e. The van der Waals surface area contributed by atoms with E-state index in [2.05, 4.69) is 10.4 Å². The molecule has 0 aliphatic carbocycles. The van der Waals surface area contributed by atoms with E-state index in [1.807, 2.05) is 39.0 Å². The molecule has 30 heavy (non-hydrogen) atoms. The smallest absolute Gasteiger partial charge is 0.256 e. The number of sulfone groups is 1. The number of nitrogens with one attached hydrogen (secondary N) is 1. The van der Waals surface area contributed by atoms with Gasteiger partial charge < -0.3 is 10.1 Å². The molecule has 0 spiro atoms. The summed E-state index contributed by atoms with van der Waals surface area (Å²) in [5.74, 6) is 0.493. The van der Waals surface area contributed by atoms with Gasteiger partial charge in [-0.15, -0.1) is 0 Å². The summed E-state index contributed by atoms with van der Waals surface area (Å²) in [5.41, 5.74) is 4.37. The van der Waals surface area contributed by atoms with Gasteiger partial charge in [0.15, 0.2) is 9.84 Å². The van der Waals surface area contributed by atoms with Crippen LogP contribution in [0.1, 0.15) is 39.7 Å². The highest BCUT2D eigenvalue weighted by molar-refractivity contribution is 7.90. The lowest BCUT2D eigenvalue weighted by molar-refractivity contribution is 0.102. The lowest BCUT2D eigenvalue weighted by Gasteiger charge is -2.14. The van der Waals surface area contributed by atoms with E-state index in [4.69, 9.17) is 4.74 Å². The molecular weight excluding hydrogens is 402 g/mol. The zero-order chi connectivity index (χ0) is 21.5. The van der Waals surface area contributed by atoms with Gasteiger partial charge in [-0.2, -0.15) is 5.10 Å². The third-order valence-electron chi connectivity index (χ3n) is 5.03. The first-order chi connectivity index (χ1) is 14.3. The fourth-order valence-electron chi connectivity index (χ4n) is 3.64. The summed E-state index contributed by atoms with van der Waals surface area (Å²) in [4.78, 5) is 12.9. The predicted molar refractivity (Wildman–Crippen MR) is 115 cm³/mol. The summed E-state index contributed by atoms with van der Waals surface area (Å²) < 4.78 is 31.3. The third-order valence-corrected chi connectivity index (χ3v) is 6.47. The number of fused-ring (bicyclic) bond motifs is 1. The first-order valence-electron chi connectivity index (χ1n) is 9.70. The van der Waals surface area contributed by atoms with Crippen LogP contribution in [0.3, 0.4) is 0 Å². The molecule has 7 nitrogen and oxygen atoms in total. The SMILES string of the molecule is CCOc1ccc(C(=O)Nc2c3c(nn2-c2ccc(C)cc2C)CS(=O)(=O)C3)cc1. The molecule has 0 fully saturated rings. The highest BCUT2D eigenvalue weighted by atomic mass is 32.2. The van der Waals surface area contributed by atoms with Crippen molar-refractivity contribution in [3.05, 3.63) is 70.4 Å². The van der Waals surface area contributed by atoms with Crippen LogP contribution in [0.15, 0.2) is 42.5 Å². The number of anilines is 1. The number of aryl methyl sites for hydroxylation is 2. The van der Waals surface area contributed by atoms with E-state index in [9.17, 15) is 13.2 Å². The van der Waals surface area contributed by atoms with Gasteiger partial charge in [-0.05, 0) is 56.7 Å². The molecule has 0 unspecified atom stereocenters. The number of hydrogen-bond donors (Lipinski definition) is 1. The highest BCUT2D eigenvalue weighted by Gasteiger charge is 2.33. The van der Waals surface area contributed by atoms with Crippen molar-refractivity contribution in [3.8, 4) is 11.4 Å². The number of hydrogen-bond acceptors (Lipinski definition) is 5. The molecule has 0 bridgehead atoms. The molecule has 1 aromatic heterocycles. The highest BCUT2D eigenvalue weighted by Crippen LogP contribution is 2.34. The van der Waals surface area contributed by atoms with Gasteiger partial charge in [-0.25, -0.2) is 13.1 Å². The average Bonchev–Trinajstić information content (AvgIpc) is 3.15. The Hall–Kier alpha value is -3.13. The largest absolute Gasteiger partial charge is 0.494 e. The first-order valence-corrected chi connectivity index (χ1v) is 11.5. The third kappa shape index (κ3) is 3.82. The van der Waals surface area contributed by atoms with Gasteiger partial charge in [0.2, 0.25) is 0 Å². The number of rotatable bonds is 5. The zero-order valence-electron chi connectivity index (χ0n) is 17.1. The Morgan fingerprint density at radius 3 is 2.53 bits per heavy atom. The van der Waals surface area contributed by atoms with Crippen molar-refractivity contribution in [3.63, 3.8) is 0 Å². The van der Waals surface area contributed by atoms with Gasteiger partial charge >= 0.3 is 0 Å². The number of ether oxygens (including phenoxy) is 1. The van der Waals surface area contributed by atoms with E-state index in [1.54, 1.807) is 28.9 Å². The van der Waals surface area contributed by atoms with Crippen LogP contribution in [-0.2, 0) is 21.3 Å². The van der Waals surface area contributed by atoms with Crippen LogP contribution in [0.2, 0.25) is 0 Å². The summed E-state index contributed by atoms with van der Waals surface area (Å²) in [6.45, 7) is 6.40. The summed E-state index contributed by atoms with van der Waals surface area (Å²) in [7, 11) is -3.26. The van der Waals surface area contributed by atoms with Crippen LogP contribution in [0.4, 0.5) is 5.82 Å². The van der Waals surface area contributed by atoms with Gasteiger partial charge in [0, 0.05) is 11.1 Å². The van der Waals surface area contributed by atoms with Crippen molar-refractivity contribution in [2.24, 2.45) is 0 Å². The maximum atomic E-state index is 12.9. The molecule has 0 radical (unpaired) electrons. The molecule has 0 atom stereocenters. The molecular formula is C22H23N3O4S. The minimum atomic E-state index is -3.26. The van der Waals surface area contributed by atoms with Crippen LogP contribution >= 0.6 is 0 Å². The molecule has 0 saturated carbocycles. The number of aromatic nitrogens is 2. The summed E-state index contributed by atoms with van der Waals surface area (Å²) in [6.07, 6.45) is 0. The number of carbonyl (C=O) groups is 1. The molecule has 1 aliphatic heterocycles. The van der Waals surface area contributed by atoms with E-state index >= 15 is 0 Å². The molecule has 2 heterocycles. The van der Waals surface area contributed by atoms with Crippen LogP contribution in [0.25, 0.3) is 5.69 Å². The van der Waals surface area contributed by atoms with Gasteiger partial charge in [-0.1, -0.05) is 17.7 Å². The Morgan fingerprint density at radius 1 is 1.13 bits per heavy atom. The monoisotopic (exact) mass is 425 g/mol. The fourth-order valence-corrected chi connectivity index (χ4v) is 5.13. The Kier molecular flexibility index (Phi) is 5.11. The second-order valence-corrected chi connectivity index (χ2v) is 9.48.